The summed E-state index contributed by atoms with van der Waals surface area (Å²) in [5, 5.41) is 3.24. The highest BCUT2D eigenvalue weighted by Gasteiger charge is 2.35. The molecule has 2 aliphatic heterocycles. The zero-order valence-electron chi connectivity index (χ0n) is 13.4. The fourth-order valence-electron chi connectivity index (χ4n) is 3.34. The summed E-state index contributed by atoms with van der Waals surface area (Å²) in [6.45, 7) is 1.77. The number of hydrogen-bond acceptors (Lipinski definition) is 2. The Labute approximate surface area is 146 Å². The summed E-state index contributed by atoms with van der Waals surface area (Å²) in [4.78, 5) is 13.7. The van der Waals surface area contributed by atoms with Crippen molar-refractivity contribution in [1.82, 2.24) is 10.2 Å². The smallest absolute Gasteiger partial charge is 0.253 e. The molecule has 0 atom stereocenters. The predicted octanol–water partition coefficient (Wildman–Crippen LogP) is 3.59. The summed E-state index contributed by atoms with van der Waals surface area (Å²) in [7, 11) is 0. The molecule has 7 heteroatoms. The van der Waals surface area contributed by atoms with Crippen molar-refractivity contribution in [1.29, 1.82) is 0 Å². The van der Waals surface area contributed by atoms with Crippen LogP contribution < -0.4 is 5.32 Å². The van der Waals surface area contributed by atoms with Gasteiger partial charge in [-0.15, -0.1) is 12.4 Å². The van der Waals surface area contributed by atoms with Gasteiger partial charge in [-0.1, -0.05) is 6.07 Å². The van der Waals surface area contributed by atoms with Gasteiger partial charge in [0.2, 0.25) is 0 Å². The van der Waals surface area contributed by atoms with Crippen LogP contribution in [0.4, 0.5) is 13.2 Å². The van der Waals surface area contributed by atoms with Gasteiger partial charge in [-0.2, -0.15) is 0 Å². The van der Waals surface area contributed by atoms with E-state index >= 15 is 0 Å². The van der Waals surface area contributed by atoms with Gasteiger partial charge in [0.15, 0.2) is 0 Å². The number of benzene rings is 1. The molecule has 2 aliphatic rings. The van der Waals surface area contributed by atoms with Crippen molar-refractivity contribution >= 4 is 18.3 Å². The van der Waals surface area contributed by atoms with Crippen LogP contribution in [0.15, 0.2) is 18.2 Å². The molecule has 0 bridgehead atoms. The average Bonchev–Trinajstić information content (AvgIpc) is 2.55. The summed E-state index contributed by atoms with van der Waals surface area (Å²) >= 11 is 0. The number of halogens is 4. The van der Waals surface area contributed by atoms with E-state index < -0.39 is 5.92 Å². The van der Waals surface area contributed by atoms with Crippen LogP contribution in [0.2, 0.25) is 0 Å². The van der Waals surface area contributed by atoms with Gasteiger partial charge in [-0.3, -0.25) is 4.79 Å². The number of alkyl halides is 2. The van der Waals surface area contributed by atoms with Crippen molar-refractivity contribution in [3.63, 3.8) is 0 Å². The first-order valence-electron chi connectivity index (χ1n) is 8.13. The molecule has 2 heterocycles. The summed E-state index contributed by atoms with van der Waals surface area (Å²) in [5.74, 6) is -3.25. The first-order chi connectivity index (χ1) is 11.0. The maximum absolute atomic E-state index is 14.4. The van der Waals surface area contributed by atoms with E-state index in [0.29, 0.717) is 5.56 Å². The van der Waals surface area contributed by atoms with Crippen LogP contribution in [-0.2, 0) is 0 Å². The Bertz CT molecular complexity index is 581. The Morgan fingerprint density at radius 3 is 2.38 bits per heavy atom. The third-order valence-corrected chi connectivity index (χ3v) is 4.81. The highest BCUT2D eigenvalue weighted by molar-refractivity contribution is 5.94. The van der Waals surface area contributed by atoms with Crippen LogP contribution in [0, 0.1) is 5.82 Å². The second kappa shape index (κ2) is 7.74. The summed E-state index contributed by atoms with van der Waals surface area (Å²) in [5.41, 5.74) is 0.888. The topological polar surface area (TPSA) is 32.3 Å². The van der Waals surface area contributed by atoms with Gasteiger partial charge in [0.1, 0.15) is 5.82 Å². The molecule has 1 aromatic carbocycles. The largest absolute Gasteiger partial charge is 0.338 e. The summed E-state index contributed by atoms with van der Waals surface area (Å²) in [6, 6.07) is 4.55. The Kier molecular flexibility index (Phi) is 6.15. The minimum Gasteiger partial charge on any atom is -0.338 e. The monoisotopic (exact) mass is 362 g/mol. The highest BCUT2D eigenvalue weighted by Crippen LogP contribution is 2.30. The molecule has 1 aromatic rings. The number of rotatable bonds is 2. The van der Waals surface area contributed by atoms with Gasteiger partial charge in [0, 0.05) is 31.5 Å². The lowest BCUT2D eigenvalue weighted by molar-refractivity contribution is -0.0494. The fourth-order valence-corrected chi connectivity index (χ4v) is 3.34. The maximum atomic E-state index is 14.4. The van der Waals surface area contributed by atoms with Crippen molar-refractivity contribution in [3.05, 3.63) is 35.1 Å². The first-order valence-corrected chi connectivity index (χ1v) is 8.13. The molecule has 0 saturated carbocycles. The van der Waals surface area contributed by atoms with E-state index in [2.05, 4.69) is 5.32 Å². The number of nitrogens with one attached hydrogen (secondary N) is 1. The van der Waals surface area contributed by atoms with E-state index in [1.165, 1.54) is 11.0 Å². The molecule has 0 aliphatic carbocycles. The standard InChI is InChI=1S/C17H21F3N2O.ClH/c18-15-11-13(1-2-14(15)12-3-7-21-8-4-12)16(23)22-9-5-17(19,20)6-10-22;/h1-2,11-12,21H,3-10H2;1H. The second-order valence-corrected chi connectivity index (χ2v) is 6.41. The first kappa shape index (κ1) is 19.1. The quantitative estimate of drug-likeness (QED) is 0.872. The minimum absolute atomic E-state index is 0. The fraction of sp³-hybridized carbons (Fsp3) is 0.588. The van der Waals surface area contributed by atoms with Crippen LogP contribution in [0.5, 0.6) is 0 Å². The third kappa shape index (κ3) is 4.22. The van der Waals surface area contributed by atoms with Gasteiger partial charge in [0.05, 0.1) is 0 Å². The van der Waals surface area contributed by atoms with Crippen molar-refractivity contribution < 1.29 is 18.0 Å². The molecule has 0 aromatic heterocycles. The van der Waals surface area contributed by atoms with Crippen LogP contribution in [0.1, 0.15) is 47.5 Å². The van der Waals surface area contributed by atoms with Crippen LogP contribution >= 0.6 is 12.4 Å². The van der Waals surface area contributed by atoms with E-state index in [9.17, 15) is 18.0 Å². The number of hydrogen-bond donors (Lipinski definition) is 1. The van der Waals surface area contributed by atoms with E-state index in [0.717, 1.165) is 25.9 Å². The van der Waals surface area contributed by atoms with E-state index in [4.69, 9.17) is 0 Å². The Balaban J connectivity index is 0.00000208. The second-order valence-electron chi connectivity index (χ2n) is 6.41. The van der Waals surface area contributed by atoms with Crippen LogP contribution in [0.25, 0.3) is 0 Å². The van der Waals surface area contributed by atoms with Gasteiger partial charge in [-0.05, 0) is 49.5 Å². The SMILES string of the molecule is Cl.O=C(c1ccc(C2CCNCC2)c(F)c1)N1CCC(F)(F)CC1. The predicted molar refractivity (Wildman–Crippen MR) is 88.6 cm³/mol. The molecule has 134 valence electrons. The summed E-state index contributed by atoms with van der Waals surface area (Å²) in [6.07, 6.45) is 1.11. The number of nitrogens with zero attached hydrogens (tertiary/aromatic N) is 1. The molecule has 24 heavy (non-hydrogen) atoms. The number of likely N-dealkylation sites (tertiary alicyclic amines) is 1. The molecular weight excluding hydrogens is 341 g/mol. The van der Waals surface area contributed by atoms with Crippen molar-refractivity contribution in [2.45, 2.75) is 37.5 Å². The molecule has 1 N–H and O–H groups in total. The zero-order chi connectivity index (χ0) is 16.4. The molecule has 0 unspecified atom stereocenters. The molecule has 1 amide bonds. The normalized spacial score (nSPS) is 21.2. The van der Waals surface area contributed by atoms with Gasteiger partial charge in [0.25, 0.3) is 11.8 Å². The average molecular weight is 363 g/mol. The van der Waals surface area contributed by atoms with E-state index in [1.54, 1.807) is 12.1 Å². The maximum Gasteiger partial charge on any atom is 0.253 e. The van der Waals surface area contributed by atoms with Crippen molar-refractivity contribution in [2.24, 2.45) is 0 Å². The van der Waals surface area contributed by atoms with E-state index in [1.807, 2.05) is 0 Å². The third-order valence-electron chi connectivity index (χ3n) is 4.81. The van der Waals surface area contributed by atoms with Crippen molar-refractivity contribution in [3.8, 4) is 0 Å². The number of piperidine rings is 2. The zero-order valence-corrected chi connectivity index (χ0v) is 14.2. The molecular formula is C17H22ClF3N2O. The highest BCUT2D eigenvalue weighted by atomic mass is 35.5. The van der Waals surface area contributed by atoms with Gasteiger partial charge in [-0.25, -0.2) is 13.2 Å². The number of amides is 1. The van der Waals surface area contributed by atoms with Crippen LogP contribution in [0.3, 0.4) is 0 Å². The van der Waals surface area contributed by atoms with Gasteiger partial charge >= 0.3 is 0 Å². The molecule has 2 saturated heterocycles. The lowest BCUT2D eigenvalue weighted by Gasteiger charge is -2.32. The number of carbonyl (C=O) groups is 1. The summed E-state index contributed by atoms with van der Waals surface area (Å²) < 4.78 is 40.7. The molecule has 3 rings (SSSR count). The molecule has 2 fully saturated rings. The van der Waals surface area contributed by atoms with Gasteiger partial charge < -0.3 is 10.2 Å². The molecule has 0 spiro atoms. The van der Waals surface area contributed by atoms with E-state index in [-0.39, 0.29) is 61.5 Å². The Morgan fingerprint density at radius 1 is 1.17 bits per heavy atom. The van der Waals surface area contributed by atoms with Crippen molar-refractivity contribution in [2.75, 3.05) is 26.2 Å². The molecule has 0 radical (unpaired) electrons. The number of carbonyl (C=O) groups excluding carboxylic acids is 1. The lowest BCUT2D eigenvalue weighted by Crippen LogP contribution is -2.42. The van der Waals surface area contributed by atoms with Crippen LogP contribution in [-0.4, -0.2) is 42.9 Å². The minimum atomic E-state index is -2.69. The Hall–Kier alpha value is -1.27. The lowest BCUT2D eigenvalue weighted by atomic mass is 9.89. The molecule has 3 nitrogen and oxygen atoms in total. The Morgan fingerprint density at radius 2 is 1.79 bits per heavy atom.